The Morgan fingerprint density at radius 2 is 1.74 bits per heavy atom. The van der Waals surface area contributed by atoms with Crippen molar-refractivity contribution in [3.05, 3.63) is 71.8 Å². The van der Waals surface area contributed by atoms with Crippen LogP contribution in [0.25, 0.3) is 10.8 Å². The highest BCUT2D eigenvalue weighted by Gasteiger charge is 2.33. The van der Waals surface area contributed by atoms with Crippen LogP contribution in [0.15, 0.2) is 60.7 Å². The van der Waals surface area contributed by atoms with Crippen molar-refractivity contribution in [3.63, 3.8) is 0 Å². The predicted molar refractivity (Wildman–Crippen MR) is 106 cm³/mol. The quantitative estimate of drug-likeness (QED) is 0.641. The highest BCUT2D eigenvalue weighted by atomic mass is 16.5. The minimum Gasteiger partial charge on any atom is -0.497 e. The zero-order chi connectivity index (χ0) is 18.8. The summed E-state index contributed by atoms with van der Waals surface area (Å²) in [6.45, 7) is 0.511. The molecule has 4 rings (SSSR count). The molecule has 27 heavy (non-hydrogen) atoms. The van der Waals surface area contributed by atoms with E-state index in [-0.39, 0.29) is 5.91 Å². The van der Waals surface area contributed by atoms with Gasteiger partial charge in [-0.3, -0.25) is 4.79 Å². The van der Waals surface area contributed by atoms with Crippen molar-refractivity contribution >= 4 is 16.7 Å². The third-order valence-corrected chi connectivity index (χ3v) is 5.07. The summed E-state index contributed by atoms with van der Waals surface area (Å²) in [5.41, 5.74) is 1.68. The number of hydrogen-bond acceptors (Lipinski definition) is 3. The average molecular weight is 361 g/mol. The molecule has 0 unspecified atom stereocenters. The first-order valence-electron chi connectivity index (χ1n) is 9.20. The molecule has 1 amide bonds. The van der Waals surface area contributed by atoms with Gasteiger partial charge in [-0.05, 0) is 53.9 Å². The van der Waals surface area contributed by atoms with E-state index in [1.807, 2.05) is 59.5 Å². The number of rotatable bonds is 6. The molecule has 0 aromatic heterocycles. The minimum atomic E-state index is 0.0631. The topological polar surface area (TPSA) is 38.8 Å². The third kappa shape index (κ3) is 3.61. The number of fused-ring (bicyclic) bond motifs is 1. The van der Waals surface area contributed by atoms with Crippen molar-refractivity contribution in [1.82, 2.24) is 4.90 Å². The number of carbonyl (C=O) groups excluding carboxylic acids is 1. The number of methoxy groups -OCH3 is 2. The summed E-state index contributed by atoms with van der Waals surface area (Å²) in [5, 5.41) is 2.22. The lowest BCUT2D eigenvalue weighted by Gasteiger charge is -2.24. The summed E-state index contributed by atoms with van der Waals surface area (Å²) in [7, 11) is 3.29. The van der Waals surface area contributed by atoms with E-state index in [0.717, 1.165) is 46.2 Å². The molecule has 0 N–H and O–H groups in total. The predicted octanol–water partition coefficient (Wildman–Crippen LogP) is 4.66. The Kier molecular flexibility index (Phi) is 4.71. The molecule has 0 radical (unpaired) electrons. The van der Waals surface area contributed by atoms with Crippen LogP contribution < -0.4 is 9.47 Å². The molecular weight excluding hydrogens is 338 g/mol. The molecule has 3 aromatic rings. The van der Waals surface area contributed by atoms with Crippen LogP contribution in [0.3, 0.4) is 0 Å². The maximum absolute atomic E-state index is 13.3. The Balaban J connectivity index is 1.65. The molecule has 138 valence electrons. The van der Waals surface area contributed by atoms with Gasteiger partial charge in [0.1, 0.15) is 11.5 Å². The SMILES string of the molecule is COc1ccc(OC)c(CN(C(=O)c2ccc3ccccc3c2)C2CC2)c1. The highest BCUT2D eigenvalue weighted by Crippen LogP contribution is 2.33. The van der Waals surface area contributed by atoms with Crippen molar-refractivity contribution in [2.75, 3.05) is 14.2 Å². The van der Waals surface area contributed by atoms with Gasteiger partial charge in [0.05, 0.1) is 20.8 Å². The fraction of sp³-hybridized carbons (Fsp3) is 0.261. The van der Waals surface area contributed by atoms with E-state index in [1.54, 1.807) is 14.2 Å². The normalized spacial score (nSPS) is 13.4. The first-order chi connectivity index (χ1) is 13.2. The summed E-state index contributed by atoms with van der Waals surface area (Å²) in [6.07, 6.45) is 2.09. The van der Waals surface area contributed by atoms with Crippen LogP contribution in [0.5, 0.6) is 11.5 Å². The van der Waals surface area contributed by atoms with Crippen LogP contribution in [0.1, 0.15) is 28.8 Å². The molecule has 1 saturated carbocycles. The molecular formula is C23H23NO3. The number of nitrogens with zero attached hydrogens (tertiary/aromatic N) is 1. The zero-order valence-electron chi connectivity index (χ0n) is 15.6. The average Bonchev–Trinajstić information content (AvgIpc) is 3.56. The summed E-state index contributed by atoms with van der Waals surface area (Å²) in [6, 6.07) is 20.0. The van der Waals surface area contributed by atoms with Gasteiger partial charge in [-0.15, -0.1) is 0 Å². The molecule has 4 heteroatoms. The number of ether oxygens (including phenoxy) is 2. The van der Waals surface area contributed by atoms with Gasteiger partial charge < -0.3 is 14.4 Å². The van der Waals surface area contributed by atoms with E-state index in [2.05, 4.69) is 6.07 Å². The Labute approximate surface area is 159 Å². The van der Waals surface area contributed by atoms with Crippen LogP contribution in [0.4, 0.5) is 0 Å². The Morgan fingerprint density at radius 1 is 0.963 bits per heavy atom. The van der Waals surface area contributed by atoms with Gasteiger partial charge >= 0.3 is 0 Å². The van der Waals surface area contributed by atoms with Gasteiger partial charge in [0.25, 0.3) is 5.91 Å². The lowest BCUT2D eigenvalue weighted by atomic mass is 10.1. The summed E-state index contributed by atoms with van der Waals surface area (Å²) in [5.74, 6) is 1.60. The van der Waals surface area contributed by atoms with Crippen molar-refractivity contribution in [3.8, 4) is 11.5 Å². The Bertz CT molecular complexity index is 978. The highest BCUT2D eigenvalue weighted by molar-refractivity contribution is 5.98. The second kappa shape index (κ2) is 7.31. The monoisotopic (exact) mass is 361 g/mol. The summed E-state index contributed by atoms with van der Waals surface area (Å²) >= 11 is 0. The molecule has 4 nitrogen and oxygen atoms in total. The van der Waals surface area contributed by atoms with Crippen LogP contribution >= 0.6 is 0 Å². The van der Waals surface area contributed by atoms with Crippen LogP contribution in [0, 0.1) is 0 Å². The third-order valence-electron chi connectivity index (χ3n) is 5.07. The van der Waals surface area contributed by atoms with Gasteiger partial charge in [-0.2, -0.15) is 0 Å². The standard InChI is InChI=1S/C23H23NO3/c1-26-21-11-12-22(27-2)19(14-21)15-24(20-9-10-20)23(25)18-8-7-16-5-3-4-6-17(16)13-18/h3-8,11-14,20H,9-10,15H2,1-2H3. The van der Waals surface area contributed by atoms with E-state index < -0.39 is 0 Å². The first kappa shape index (κ1) is 17.4. The largest absolute Gasteiger partial charge is 0.497 e. The van der Waals surface area contributed by atoms with Gasteiger partial charge in [0, 0.05) is 17.2 Å². The van der Waals surface area contributed by atoms with Crippen molar-refractivity contribution in [2.24, 2.45) is 0 Å². The van der Waals surface area contributed by atoms with E-state index in [0.29, 0.717) is 12.6 Å². The fourth-order valence-electron chi connectivity index (χ4n) is 3.43. The summed E-state index contributed by atoms with van der Waals surface area (Å²) in [4.78, 5) is 15.2. The molecule has 0 aliphatic heterocycles. The molecule has 1 aliphatic carbocycles. The molecule has 0 bridgehead atoms. The molecule has 0 spiro atoms. The molecule has 0 heterocycles. The van der Waals surface area contributed by atoms with Crippen molar-refractivity contribution in [2.45, 2.75) is 25.4 Å². The van der Waals surface area contributed by atoms with Crippen LogP contribution in [0.2, 0.25) is 0 Å². The van der Waals surface area contributed by atoms with Gasteiger partial charge in [-0.25, -0.2) is 0 Å². The number of amides is 1. The fourth-order valence-corrected chi connectivity index (χ4v) is 3.43. The molecule has 3 aromatic carbocycles. The smallest absolute Gasteiger partial charge is 0.254 e. The molecule has 1 aliphatic rings. The lowest BCUT2D eigenvalue weighted by molar-refractivity contribution is 0.0729. The number of hydrogen-bond donors (Lipinski definition) is 0. The first-order valence-corrected chi connectivity index (χ1v) is 9.20. The number of benzene rings is 3. The van der Waals surface area contributed by atoms with Crippen molar-refractivity contribution < 1.29 is 14.3 Å². The van der Waals surface area contributed by atoms with Crippen LogP contribution in [-0.2, 0) is 6.54 Å². The van der Waals surface area contributed by atoms with E-state index in [9.17, 15) is 4.79 Å². The Morgan fingerprint density at radius 3 is 2.44 bits per heavy atom. The van der Waals surface area contributed by atoms with Crippen LogP contribution in [-0.4, -0.2) is 31.1 Å². The van der Waals surface area contributed by atoms with Gasteiger partial charge in [0.2, 0.25) is 0 Å². The molecule has 0 saturated heterocycles. The van der Waals surface area contributed by atoms with Gasteiger partial charge in [-0.1, -0.05) is 30.3 Å². The summed E-state index contributed by atoms with van der Waals surface area (Å²) < 4.78 is 10.8. The second-order valence-electron chi connectivity index (χ2n) is 6.90. The van der Waals surface area contributed by atoms with Crippen molar-refractivity contribution in [1.29, 1.82) is 0 Å². The maximum atomic E-state index is 13.3. The molecule has 1 fully saturated rings. The zero-order valence-corrected chi connectivity index (χ0v) is 15.6. The van der Waals surface area contributed by atoms with Gasteiger partial charge in [0.15, 0.2) is 0 Å². The van der Waals surface area contributed by atoms with E-state index in [4.69, 9.17) is 9.47 Å². The maximum Gasteiger partial charge on any atom is 0.254 e. The van der Waals surface area contributed by atoms with E-state index in [1.165, 1.54) is 0 Å². The molecule has 0 atom stereocenters. The Hall–Kier alpha value is -3.01. The minimum absolute atomic E-state index is 0.0631. The number of carbonyl (C=O) groups is 1. The van der Waals surface area contributed by atoms with E-state index >= 15 is 0 Å². The lowest BCUT2D eigenvalue weighted by Crippen LogP contribution is -2.32. The second-order valence-corrected chi connectivity index (χ2v) is 6.90.